The third kappa shape index (κ3) is 117. The molecule has 96 heavy (non-hydrogen) atoms. The van der Waals surface area contributed by atoms with Crippen molar-refractivity contribution < 1.29 is 0 Å². The Kier molecular flexibility index (Phi) is 102. The van der Waals surface area contributed by atoms with Crippen LogP contribution in [0.3, 0.4) is 0 Å². The van der Waals surface area contributed by atoms with Crippen molar-refractivity contribution in [2.45, 2.75) is 405 Å². The standard InChI is InChI=1S/C8H20N2.2C8H17N.C8H19N.3C7H17N.C6H15N.C5H14N2.2C5H13N.C4H11N.C4H10/c1-4-6-10(7-5-9)8(2)3;2*1-8(2)9-6-4-3-5-7-9;1-7(2)9(6)8(3,4)5;1-6(2)8-7(3,4)5;1-5-6-8(4)7(2)3;1-5-8(6-2)7(3)4;1-5-7(4)6(2)3;1-5(2)7-4-3-6;1-5(2)6(3)4;1-4-6-5(2)3;1-4(2)5-3;1-4(2)3/h8H,4-7,9H2,1-3H3;2*8H,3-7H2,1-2H3;7H,1-6H3;6,8H,1-5H3;2*7H,5-6H2,1-4H3;6H,5H2,1-4H3;5,7H,3-4,6H2,1-2H3;5H,1-4H3;5-6H,4H2,1-3H3;4-5H,1-3H3;4H,1-3H3. The Morgan fingerprint density at radius 2 is 0.719 bits per heavy atom. The van der Waals surface area contributed by atoms with Gasteiger partial charge in [-0.15, -0.1) is 0 Å². The summed E-state index contributed by atoms with van der Waals surface area (Å²) in [6, 6.07) is 8.07. The van der Waals surface area contributed by atoms with Crippen molar-refractivity contribution in [3.05, 3.63) is 0 Å². The van der Waals surface area contributed by atoms with Gasteiger partial charge in [-0.1, -0.05) is 131 Å². The quantitative estimate of drug-likeness (QED) is 0.0549. The Bertz CT molecular complexity index is 1300. The molecule has 0 aromatic heterocycles. The van der Waals surface area contributed by atoms with Gasteiger partial charge in [0.15, 0.2) is 0 Å². The van der Waals surface area contributed by atoms with E-state index in [9.17, 15) is 0 Å². The first-order chi connectivity index (χ1) is 43.9. The number of rotatable bonds is 24. The fourth-order valence-corrected chi connectivity index (χ4v) is 8.30. The molecule has 2 saturated heterocycles. The summed E-state index contributed by atoms with van der Waals surface area (Å²) in [4.78, 5) is 19.1. The highest BCUT2D eigenvalue weighted by atomic mass is 15.2. The molecule has 2 aliphatic rings. The van der Waals surface area contributed by atoms with Crippen LogP contribution in [0.2, 0.25) is 0 Å². The van der Waals surface area contributed by atoms with E-state index < -0.39 is 0 Å². The maximum absolute atomic E-state index is 5.46. The Morgan fingerprint density at radius 3 is 0.802 bits per heavy atom. The van der Waals surface area contributed by atoms with Crippen molar-refractivity contribution in [1.82, 2.24) is 60.5 Å². The summed E-state index contributed by atoms with van der Waals surface area (Å²) >= 11 is 0. The molecule has 8 N–H and O–H groups in total. The Balaban J connectivity index is -0.0000000911. The molecule has 0 aromatic rings. The molecule has 598 valence electrons. The van der Waals surface area contributed by atoms with Crippen LogP contribution in [-0.2, 0) is 0 Å². The van der Waals surface area contributed by atoms with Crippen molar-refractivity contribution >= 4 is 0 Å². The van der Waals surface area contributed by atoms with Gasteiger partial charge in [0.2, 0.25) is 0 Å². The van der Waals surface area contributed by atoms with E-state index in [1.807, 2.05) is 7.05 Å². The van der Waals surface area contributed by atoms with Gasteiger partial charge >= 0.3 is 0 Å². The fraction of sp³-hybridized carbons (Fsp3) is 1.00. The molecule has 2 heterocycles. The molecule has 0 atom stereocenters. The lowest BCUT2D eigenvalue weighted by Gasteiger charge is -2.35. The Labute approximate surface area is 613 Å². The molecular formula is C82H200N14. The molecular weight excluding hydrogens is 1180 g/mol. The Morgan fingerprint density at radius 1 is 0.385 bits per heavy atom. The van der Waals surface area contributed by atoms with Crippen LogP contribution < -0.4 is 32.7 Å². The second kappa shape index (κ2) is 81.7. The molecule has 14 nitrogen and oxygen atoms in total. The molecule has 0 bridgehead atoms. The monoisotopic (exact) mass is 1380 g/mol. The lowest BCUT2D eigenvalue weighted by Crippen LogP contribution is -2.42. The Hall–Kier alpha value is -0.560. The van der Waals surface area contributed by atoms with Gasteiger partial charge in [0, 0.05) is 110 Å². The normalized spacial score (nSPS) is 13.4. The van der Waals surface area contributed by atoms with Crippen LogP contribution in [0.1, 0.15) is 321 Å². The number of hydrogen-bond donors (Lipinski definition) is 6. The van der Waals surface area contributed by atoms with E-state index in [-0.39, 0.29) is 5.54 Å². The van der Waals surface area contributed by atoms with E-state index >= 15 is 0 Å². The summed E-state index contributed by atoms with van der Waals surface area (Å²) in [5.74, 6) is 0.833. The van der Waals surface area contributed by atoms with Crippen molar-refractivity contribution in [2.75, 3.05) is 134 Å². The minimum absolute atomic E-state index is 0.272. The van der Waals surface area contributed by atoms with Crippen LogP contribution in [0, 0.1) is 5.92 Å². The summed E-state index contributed by atoms with van der Waals surface area (Å²) in [5.41, 5.74) is 11.3. The predicted octanol–water partition coefficient (Wildman–Crippen LogP) is 17.7. The first kappa shape index (κ1) is 119. The highest BCUT2D eigenvalue weighted by Gasteiger charge is 2.19. The molecule has 0 amide bonds. The SMILES string of the molecule is CC(C)C.CC(C)N(C)C.CC(C)N(C)C(C)(C)C.CC(C)N1CCCCC1.CC(C)N1CCCCC1.CC(C)NC(C)(C)C.CC(C)NCCN.CCCN(C)C(C)C.CCCN(CCN)C(C)C.CCN(C)C(C)C.CCN(CC)C(C)C.CCNC(C)C.CNC(C)C. The zero-order valence-electron chi connectivity index (χ0n) is 75.8. The van der Waals surface area contributed by atoms with E-state index in [0.29, 0.717) is 66.0 Å². The lowest BCUT2D eigenvalue weighted by molar-refractivity contribution is 0.136. The van der Waals surface area contributed by atoms with Crippen LogP contribution in [0.15, 0.2) is 0 Å². The largest absolute Gasteiger partial charge is 0.329 e. The first-order valence-electron chi connectivity index (χ1n) is 39.9. The molecule has 0 radical (unpaired) electrons. The van der Waals surface area contributed by atoms with Gasteiger partial charge in [-0.25, -0.2) is 0 Å². The average molecular weight is 1380 g/mol. The molecule has 0 spiro atoms. The molecule has 2 fully saturated rings. The van der Waals surface area contributed by atoms with Crippen LogP contribution in [0.25, 0.3) is 0 Å². The van der Waals surface area contributed by atoms with Crippen LogP contribution in [0.4, 0.5) is 0 Å². The van der Waals surface area contributed by atoms with E-state index in [0.717, 1.165) is 57.3 Å². The summed E-state index contributed by atoms with van der Waals surface area (Å²) in [6.07, 6.45) is 11.0. The van der Waals surface area contributed by atoms with Crippen molar-refractivity contribution in [2.24, 2.45) is 17.4 Å². The molecule has 2 aliphatic heterocycles. The first-order valence-corrected chi connectivity index (χ1v) is 39.9. The smallest absolute Gasteiger partial charge is 0.0124 e. The van der Waals surface area contributed by atoms with Gasteiger partial charge in [0.05, 0.1) is 0 Å². The van der Waals surface area contributed by atoms with Gasteiger partial charge in [0.25, 0.3) is 0 Å². The average Bonchev–Trinajstić information content (AvgIpc) is 1.35. The minimum Gasteiger partial charge on any atom is -0.329 e. The van der Waals surface area contributed by atoms with Gasteiger partial charge in [-0.2, -0.15) is 0 Å². The highest BCUT2D eigenvalue weighted by Crippen LogP contribution is 2.14. The zero-order chi connectivity index (χ0) is 78.5. The summed E-state index contributed by atoms with van der Waals surface area (Å²) in [6.45, 7) is 101. The van der Waals surface area contributed by atoms with E-state index in [2.05, 4.69) is 366 Å². The maximum atomic E-state index is 5.46. The third-order valence-electron chi connectivity index (χ3n) is 15.8. The van der Waals surface area contributed by atoms with Crippen molar-refractivity contribution in [3.63, 3.8) is 0 Å². The number of piperidine rings is 2. The maximum Gasteiger partial charge on any atom is 0.0124 e. The summed E-state index contributed by atoms with van der Waals surface area (Å²) in [5, 5.41) is 12.8. The van der Waals surface area contributed by atoms with E-state index in [1.165, 1.54) is 104 Å². The number of nitrogens with one attached hydrogen (secondary N) is 4. The van der Waals surface area contributed by atoms with Gasteiger partial charge in [-0.05, 0) is 304 Å². The molecule has 0 unspecified atom stereocenters. The summed E-state index contributed by atoms with van der Waals surface area (Å²) < 4.78 is 0. The second-order valence-corrected chi connectivity index (χ2v) is 32.6. The molecule has 0 saturated carbocycles. The fourth-order valence-electron chi connectivity index (χ4n) is 8.30. The van der Waals surface area contributed by atoms with Crippen LogP contribution in [0.5, 0.6) is 0 Å². The van der Waals surface area contributed by atoms with Gasteiger partial charge in [0.1, 0.15) is 0 Å². The minimum atomic E-state index is 0.272. The van der Waals surface area contributed by atoms with Crippen molar-refractivity contribution in [1.29, 1.82) is 0 Å². The molecule has 14 heteroatoms. The van der Waals surface area contributed by atoms with Crippen LogP contribution >= 0.6 is 0 Å². The summed E-state index contributed by atoms with van der Waals surface area (Å²) in [7, 11) is 12.5. The number of hydrogen-bond acceptors (Lipinski definition) is 14. The van der Waals surface area contributed by atoms with E-state index in [4.69, 9.17) is 11.5 Å². The zero-order valence-corrected chi connectivity index (χ0v) is 75.8. The molecule has 0 aliphatic carbocycles. The van der Waals surface area contributed by atoms with Crippen LogP contribution in [-0.4, -0.2) is 257 Å². The number of likely N-dealkylation sites (tertiary alicyclic amines) is 2. The molecule has 0 aromatic carbocycles. The number of nitrogens with zero attached hydrogens (tertiary/aromatic N) is 8. The van der Waals surface area contributed by atoms with Gasteiger partial charge in [-0.3, -0.25) is 9.80 Å². The van der Waals surface area contributed by atoms with E-state index in [1.54, 1.807) is 0 Å². The molecule has 2 rings (SSSR count). The lowest BCUT2D eigenvalue weighted by atomic mass is 10.1. The highest BCUT2D eigenvalue weighted by molar-refractivity contribution is 4.75. The number of nitrogens with two attached hydrogens (primary N) is 2. The third-order valence-corrected chi connectivity index (χ3v) is 15.8. The topological polar surface area (TPSA) is 126 Å². The van der Waals surface area contributed by atoms with Gasteiger partial charge < -0.3 is 62.1 Å². The van der Waals surface area contributed by atoms with Crippen molar-refractivity contribution in [3.8, 4) is 0 Å². The second-order valence-electron chi connectivity index (χ2n) is 32.6. The predicted molar refractivity (Wildman–Crippen MR) is 452 cm³/mol.